The topological polar surface area (TPSA) is 64.9 Å². The molecule has 0 fully saturated rings. The number of benzene rings is 1. The minimum absolute atomic E-state index is 0.581. The van der Waals surface area contributed by atoms with E-state index < -0.39 is 0 Å². The average Bonchev–Trinajstić information content (AvgIpc) is 2.81. The van der Waals surface area contributed by atoms with Crippen molar-refractivity contribution in [3.05, 3.63) is 48.1 Å². The van der Waals surface area contributed by atoms with Gasteiger partial charge in [0.1, 0.15) is 5.58 Å². The second-order valence-corrected chi connectivity index (χ2v) is 4.56. The third-order valence-electron chi connectivity index (χ3n) is 3.15. The van der Waals surface area contributed by atoms with Crippen molar-refractivity contribution in [1.29, 1.82) is 0 Å². The van der Waals surface area contributed by atoms with Gasteiger partial charge in [0.05, 0.1) is 23.8 Å². The molecule has 0 bridgehead atoms. The number of nitrogens with zero attached hydrogens (tertiary/aromatic N) is 2. The summed E-state index contributed by atoms with van der Waals surface area (Å²) < 4.78 is 5.45. The summed E-state index contributed by atoms with van der Waals surface area (Å²) in [6.45, 7) is 2.62. The summed E-state index contributed by atoms with van der Waals surface area (Å²) in [5.74, 6) is 0. The van der Waals surface area contributed by atoms with E-state index in [1.165, 1.54) is 0 Å². The van der Waals surface area contributed by atoms with Gasteiger partial charge >= 0.3 is 0 Å². The zero-order valence-corrected chi connectivity index (χ0v) is 10.8. The molecule has 0 aliphatic carbocycles. The van der Waals surface area contributed by atoms with Crippen molar-refractivity contribution < 1.29 is 4.42 Å². The lowest BCUT2D eigenvalue weighted by Gasteiger charge is -2.03. The molecule has 0 saturated heterocycles. The molecular weight excluding hydrogens is 238 g/mol. The molecule has 0 radical (unpaired) electrons. The van der Waals surface area contributed by atoms with E-state index in [1.54, 1.807) is 18.7 Å². The highest BCUT2D eigenvalue weighted by atomic mass is 16.3. The molecule has 4 heteroatoms. The highest BCUT2D eigenvalue weighted by Gasteiger charge is 2.06. The lowest BCUT2D eigenvalue weighted by Crippen LogP contribution is -2.05. The molecular formula is C15H15N3O. The van der Waals surface area contributed by atoms with Crippen LogP contribution in [0.4, 0.5) is 0 Å². The fraction of sp³-hybridized carbons (Fsp3) is 0.200. The van der Waals surface area contributed by atoms with E-state index in [-0.39, 0.29) is 0 Å². The Morgan fingerprint density at radius 1 is 1.26 bits per heavy atom. The normalized spacial score (nSPS) is 11.1. The van der Waals surface area contributed by atoms with Crippen LogP contribution in [0.15, 0.2) is 41.3 Å². The predicted molar refractivity (Wildman–Crippen MR) is 74.7 cm³/mol. The first-order chi connectivity index (χ1) is 9.28. The Kier molecular flexibility index (Phi) is 3.01. The van der Waals surface area contributed by atoms with E-state index in [0.717, 1.165) is 39.9 Å². The van der Waals surface area contributed by atoms with Crippen molar-refractivity contribution in [3.8, 4) is 11.3 Å². The molecule has 0 aliphatic rings. The van der Waals surface area contributed by atoms with Gasteiger partial charge < -0.3 is 10.2 Å². The largest absolute Gasteiger partial charge is 0.464 e. The van der Waals surface area contributed by atoms with Crippen molar-refractivity contribution in [2.24, 2.45) is 5.73 Å². The van der Waals surface area contributed by atoms with Gasteiger partial charge in [-0.3, -0.25) is 4.98 Å². The molecule has 2 heterocycles. The van der Waals surface area contributed by atoms with Gasteiger partial charge in [-0.15, -0.1) is 0 Å². The maximum atomic E-state index is 5.55. The maximum absolute atomic E-state index is 5.55. The Labute approximate surface area is 111 Å². The Bertz CT molecular complexity index is 718. The molecule has 2 aromatic heterocycles. The van der Waals surface area contributed by atoms with Gasteiger partial charge in [0.15, 0.2) is 0 Å². The van der Waals surface area contributed by atoms with E-state index in [0.29, 0.717) is 6.54 Å². The molecule has 3 aromatic rings. The Balaban J connectivity index is 2.07. The molecule has 4 nitrogen and oxygen atoms in total. The Hall–Kier alpha value is -2.20. The van der Waals surface area contributed by atoms with E-state index in [1.807, 2.05) is 19.1 Å². The number of hydrogen-bond acceptors (Lipinski definition) is 4. The average molecular weight is 253 g/mol. The summed E-state index contributed by atoms with van der Waals surface area (Å²) in [5.41, 5.74) is 10.4. The fourth-order valence-electron chi connectivity index (χ4n) is 2.13. The summed E-state index contributed by atoms with van der Waals surface area (Å²) in [4.78, 5) is 8.81. The highest BCUT2D eigenvalue weighted by molar-refractivity contribution is 5.85. The van der Waals surface area contributed by atoms with Crippen LogP contribution in [0.3, 0.4) is 0 Å². The smallest absolute Gasteiger partial charge is 0.134 e. The summed E-state index contributed by atoms with van der Waals surface area (Å²) in [5, 5.41) is 1.11. The summed E-state index contributed by atoms with van der Waals surface area (Å²) in [6, 6.07) is 6.06. The molecule has 2 N–H and O–H groups in total. The van der Waals surface area contributed by atoms with Crippen molar-refractivity contribution in [2.75, 3.05) is 6.54 Å². The van der Waals surface area contributed by atoms with E-state index in [4.69, 9.17) is 10.2 Å². The van der Waals surface area contributed by atoms with Crippen LogP contribution in [0.25, 0.3) is 22.2 Å². The molecule has 3 rings (SSSR count). The Morgan fingerprint density at radius 2 is 2.16 bits per heavy atom. The van der Waals surface area contributed by atoms with Gasteiger partial charge in [0.2, 0.25) is 0 Å². The van der Waals surface area contributed by atoms with Crippen molar-refractivity contribution in [1.82, 2.24) is 9.97 Å². The van der Waals surface area contributed by atoms with Gasteiger partial charge in [-0.1, -0.05) is 0 Å². The number of furan rings is 1. The molecule has 96 valence electrons. The molecule has 0 saturated carbocycles. The minimum Gasteiger partial charge on any atom is -0.464 e. The van der Waals surface area contributed by atoms with Crippen molar-refractivity contribution >= 4 is 11.0 Å². The third kappa shape index (κ3) is 2.22. The van der Waals surface area contributed by atoms with Crippen molar-refractivity contribution in [3.63, 3.8) is 0 Å². The van der Waals surface area contributed by atoms with Gasteiger partial charge in [0.25, 0.3) is 0 Å². The number of aryl methyl sites for hydroxylation is 1. The quantitative estimate of drug-likeness (QED) is 0.779. The van der Waals surface area contributed by atoms with Gasteiger partial charge in [-0.2, -0.15) is 0 Å². The number of aromatic nitrogens is 2. The van der Waals surface area contributed by atoms with Gasteiger partial charge in [-0.25, -0.2) is 4.98 Å². The lowest BCUT2D eigenvalue weighted by molar-refractivity contribution is 0.613. The third-order valence-corrected chi connectivity index (χ3v) is 3.15. The van der Waals surface area contributed by atoms with Crippen LogP contribution in [0, 0.1) is 6.92 Å². The lowest BCUT2D eigenvalue weighted by atomic mass is 10.1. The number of rotatable bonds is 3. The monoisotopic (exact) mass is 253 g/mol. The molecule has 0 aliphatic heterocycles. The molecule has 0 amide bonds. The zero-order chi connectivity index (χ0) is 13.2. The van der Waals surface area contributed by atoms with Crippen LogP contribution in [0.5, 0.6) is 0 Å². The summed E-state index contributed by atoms with van der Waals surface area (Å²) in [6.07, 6.45) is 6.05. The van der Waals surface area contributed by atoms with E-state index in [2.05, 4.69) is 16.0 Å². The highest BCUT2D eigenvalue weighted by Crippen LogP contribution is 2.26. The fourth-order valence-corrected chi connectivity index (χ4v) is 2.13. The van der Waals surface area contributed by atoms with Gasteiger partial charge in [0, 0.05) is 23.6 Å². The second-order valence-electron chi connectivity index (χ2n) is 4.56. The van der Waals surface area contributed by atoms with Crippen LogP contribution in [-0.2, 0) is 6.42 Å². The van der Waals surface area contributed by atoms with Crippen LogP contribution >= 0.6 is 0 Å². The molecule has 0 atom stereocenters. The van der Waals surface area contributed by atoms with Crippen LogP contribution in [0.2, 0.25) is 0 Å². The molecule has 19 heavy (non-hydrogen) atoms. The van der Waals surface area contributed by atoms with Crippen molar-refractivity contribution in [2.45, 2.75) is 13.3 Å². The first kappa shape index (κ1) is 11.9. The van der Waals surface area contributed by atoms with E-state index in [9.17, 15) is 0 Å². The van der Waals surface area contributed by atoms with Crippen LogP contribution in [-0.4, -0.2) is 16.5 Å². The molecule has 0 spiro atoms. The first-order valence-corrected chi connectivity index (χ1v) is 6.27. The first-order valence-electron chi connectivity index (χ1n) is 6.27. The standard InChI is InChI=1S/C15H15N3O/c1-10-9-19-15-3-2-11(6-13(10)15)14-8-17-7-12(18-14)4-5-16/h2-3,6-9H,4-5,16H2,1H3. The summed E-state index contributed by atoms with van der Waals surface area (Å²) in [7, 11) is 0. The van der Waals surface area contributed by atoms with E-state index >= 15 is 0 Å². The summed E-state index contributed by atoms with van der Waals surface area (Å²) >= 11 is 0. The number of fused-ring (bicyclic) bond motifs is 1. The zero-order valence-electron chi connectivity index (χ0n) is 10.8. The number of hydrogen-bond donors (Lipinski definition) is 1. The second kappa shape index (κ2) is 4.82. The van der Waals surface area contributed by atoms with Crippen LogP contribution < -0.4 is 5.73 Å². The predicted octanol–water partition coefficient (Wildman–Crippen LogP) is 2.70. The minimum atomic E-state index is 0.581. The number of nitrogens with two attached hydrogens (primary N) is 1. The molecule has 1 aromatic carbocycles. The molecule has 0 unspecified atom stereocenters. The Morgan fingerprint density at radius 3 is 3.00 bits per heavy atom. The SMILES string of the molecule is Cc1coc2ccc(-c3cncc(CCN)n3)cc12. The maximum Gasteiger partial charge on any atom is 0.134 e. The van der Waals surface area contributed by atoms with Crippen LogP contribution in [0.1, 0.15) is 11.3 Å². The van der Waals surface area contributed by atoms with Gasteiger partial charge in [-0.05, 0) is 37.2 Å².